The number of H-pyrrole nitrogens is 5. The monoisotopic (exact) mass is 1850 g/mol. The van der Waals surface area contributed by atoms with Crippen molar-refractivity contribution in [1.82, 2.24) is 108 Å². The molecule has 2 aliphatic rings. The molecule has 15 heterocycles. The molecule has 10 N–H and O–H groups in total. The number of oxazole rings is 1. The minimum absolute atomic E-state index is 0.231. The summed E-state index contributed by atoms with van der Waals surface area (Å²) < 4.78 is 18.6. The Labute approximate surface area is 799 Å². The highest BCUT2D eigenvalue weighted by atomic mass is 32.1. The maximum absolute atomic E-state index is 7.76. The summed E-state index contributed by atoms with van der Waals surface area (Å²) in [5.74, 6) is 4.00. The quantitative estimate of drug-likeness (QED) is 0.0608. The first kappa shape index (κ1) is 118. The van der Waals surface area contributed by atoms with Gasteiger partial charge in [0, 0.05) is 25.0 Å². The molecule has 0 fully saturated rings. The molecule has 5 aromatic carbocycles. The first-order valence-electron chi connectivity index (χ1n) is 46.2. The summed E-state index contributed by atoms with van der Waals surface area (Å²) in [6.07, 6.45) is 28.4. The highest BCUT2D eigenvalue weighted by Crippen LogP contribution is 2.15. The summed E-state index contributed by atoms with van der Waals surface area (Å²) >= 11 is 1.71. The Morgan fingerprint density at radius 2 is 0.607 bits per heavy atom. The molecule has 31 nitrogen and oxygen atoms in total. The number of fused-ring (bicyclic) bond motifs is 5. The summed E-state index contributed by atoms with van der Waals surface area (Å²) in [5, 5.41) is 46.2. The molecule has 0 radical (unpaired) electrons. The second kappa shape index (κ2) is 73.5. The van der Waals surface area contributed by atoms with E-state index in [2.05, 4.69) is 164 Å². The SMILES string of the molecule is C1=CCN=C1.C1=CN=CC1.CC.CC.CC.CC.CC.CC.CC.CC.CC.CC.Cc1nc2c([nH]1)c(=N)ncn2Cc1ccccc1.Cc1nc2c([nH]1)c(=N)ncn2Cc1ccccc1.Cc1nc2c([nH]1)c(=N)ncn2Cc1ccccc1.Cc1nc2c([nH]1)c(=N)ncn2Cc1ccccc1.Cc1nc2c([nH]1)c(=N)ncn2Cc1ccccc1.c1ccsc1.c1cnoc1.c1cocn1. The molecule has 18 aromatic rings. The van der Waals surface area contributed by atoms with Gasteiger partial charge in [-0.25, -0.2) is 54.8 Å². The number of imidazole rings is 5. The minimum Gasteiger partial charge on any atom is -0.452 e. The molecule has 13 aromatic heterocycles. The molecular formula is C103H145N29O2S. The van der Waals surface area contributed by atoms with Gasteiger partial charge in [-0.2, -0.15) is 11.3 Å². The lowest BCUT2D eigenvalue weighted by Crippen LogP contribution is -2.13. The van der Waals surface area contributed by atoms with Crippen molar-refractivity contribution in [3.05, 3.63) is 352 Å². The zero-order chi connectivity index (χ0) is 100. The van der Waals surface area contributed by atoms with E-state index in [-0.39, 0.29) is 27.4 Å². The number of nitrogens with one attached hydrogen (secondary N) is 10. The van der Waals surface area contributed by atoms with Crippen LogP contribution in [0.15, 0.2) is 287 Å². The van der Waals surface area contributed by atoms with E-state index in [1.54, 1.807) is 73.8 Å². The number of hydrogen-bond donors (Lipinski definition) is 10. The fourth-order valence-corrected chi connectivity index (χ4v) is 11.6. The lowest BCUT2D eigenvalue weighted by Gasteiger charge is -2.06. The smallest absolute Gasteiger partial charge is 0.180 e. The van der Waals surface area contributed by atoms with Crippen LogP contribution in [0.1, 0.15) is 202 Å². The first-order chi connectivity index (χ1) is 66.2. The van der Waals surface area contributed by atoms with Crippen molar-refractivity contribution in [1.29, 1.82) is 27.0 Å². The van der Waals surface area contributed by atoms with Gasteiger partial charge >= 0.3 is 0 Å². The van der Waals surface area contributed by atoms with Crippen LogP contribution < -0.4 is 27.4 Å². The van der Waals surface area contributed by atoms with Crippen LogP contribution in [0.25, 0.3) is 55.8 Å². The molecule has 20 rings (SSSR count). The van der Waals surface area contributed by atoms with Crippen LogP contribution in [0.4, 0.5) is 0 Å². The highest BCUT2D eigenvalue weighted by molar-refractivity contribution is 7.07. The molecule has 0 saturated carbocycles. The molecule has 2 aliphatic heterocycles. The topological polar surface area (TPSA) is 429 Å². The molecule has 0 spiro atoms. The van der Waals surface area contributed by atoms with E-state index in [1.807, 2.05) is 334 Å². The Morgan fingerprint density at radius 1 is 0.333 bits per heavy atom. The van der Waals surface area contributed by atoms with Crippen LogP contribution in [0.3, 0.4) is 0 Å². The predicted octanol–water partition coefficient (Wildman–Crippen LogP) is 22.9. The second-order valence-electron chi connectivity index (χ2n) is 25.2. The van der Waals surface area contributed by atoms with Crippen LogP contribution in [0.2, 0.25) is 0 Å². The normalized spacial score (nSPS) is 9.93. The summed E-state index contributed by atoms with van der Waals surface area (Å²) in [6.45, 7) is 53.8. The van der Waals surface area contributed by atoms with Gasteiger partial charge in [0.25, 0.3) is 0 Å². The maximum atomic E-state index is 7.76. The number of aromatic nitrogens is 22. The van der Waals surface area contributed by atoms with Gasteiger partial charge in [-0.3, -0.25) is 37.0 Å². The van der Waals surface area contributed by atoms with Crippen molar-refractivity contribution in [3.63, 3.8) is 0 Å². The number of hydrogen-bond acceptors (Lipinski definition) is 22. The predicted molar refractivity (Wildman–Crippen MR) is 556 cm³/mol. The van der Waals surface area contributed by atoms with Crippen molar-refractivity contribution >= 4 is 79.6 Å². The van der Waals surface area contributed by atoms with Gasteiger partial charge in [-0.1, -0.05) is 320 Å². The van der Waals surface area contributed by atoms with Crippen molar-refractivity contribution in [2.75, 3.05) is 6.54 Å². The molecule has 0 aliphatic carbocycles. The zero-order valence-corrected chi connectivity index (χ0v) is 84.5. The molecule has 135 heavy (non-hydrogen) atoms. The molecule has 0 bridgehead atoms. The van der Waals surface area contributed by atoms with Crippen LogP contribution >= 0.6 is 11.3 Å². The lowest BCUT2D eigenvalue weighted by molar-refractivity contribution is 0.420. The highest BCUT2D eigenvalue weighted by Gasteiger charge is 2.13. The lowest BCUT2D eigenvalue weighted by atomic mass is 10.2. The molecule has 32 heteroatoms. The zero-order valence-electron chi connectivity index (χ0n) is 83.7. The average Bonchev–Trinajstić information content (AvgIpc) is 1.69. The van der Waals surface area contributed by atoms with Gasteiger partial charge in [-0.15, -0.1) is 0 Å². The Morgan fingerprint density at radius 3 is 0.748 bits per heavy atom. The Bertz CT molecular complexity index is 5480. The number of benzene rings is 5. The molecular weight excluding hydrogens is 1710 g/mol. The Hall–Kier alpha value is -15.2. The van der Waals surface area contributed by atoms with Crippen LogP contribution in [-0.4, -0.2) is 127 Å². The Balaban J connectivity index is 0.000000757. The Kier molecular flexibility index (Phi) is 64.1. The van der Waals surface area contributed by atoms with Crippen molar-refractivity contribution in [3.8, 4) is 0 Å². The van der Waals surface area contributed by atoms with Gasteiger partial charge in [0.05, 0.1) is 83.3 Å². The number of aliphatic imine (C=N–C) groups is 2. The fourth-order valence-electron chi connectivity index (χ4n) is 11.2. The third-order valence-corrected chi connectivity index (χ3v) is 17.0. The summed E-state index contributed by atoms with van der Waals surface area (Å²) in [7, 11) is 0. The largest absolute Gasteiger partial charge is 0.452 e. The molecule has 720 valence electrons. The van der Waals surface area contributed by atoms with Crippen LogP contribution in [0.5, 0.6) is 0 Å². The van der Waals surface area contributed by atoms with E-state index in [0.717, 1.165) is 70.3 Å². The van der Waals surface area contributed by atoms with Gasteiger partial charge in [0.15, 0.2) is 62.1 Å². The van der Waals surface area contributed by atoms with Gasteiger partial charge in [0.1, 0.15) is 69.2 Å². The van der Waals surface area contributed by atoms with Crippen molar-refractivity contribution in [2.24, 2.45) is 9.98 Å². The average molecular weight is 1850 g/mol. The van der Waals surface area contributed by atoms with Gasteiger partial charge < -0.3 is 56.7 Å². The summed E-state index contributed by atoms with van der Waals surface area (Å²) in [6, 6.07) is 56.4. The second-order valence-corrected chi connectivity index (χ2v) is 26.0. The number of thiophene rings is 1. The molecule has 0 saturated heterocycles. The third kappa shape index (κ3) is 42.7. The van der Waals surface area contributed by atoms with E-state index >= 15 is 0 Å². The van der Waals surface area contributed by atoms with Crippen LogP contribution in [0, 0.1) is 61.7 Å². The standard InChI is InChI=1S/5C13H13N5.2C4H5N.C4H4S.2C3H3NO.10C2H6/c5*1-9-16-11-12(14)15-8-18(13(11)17-9)7-10-5-3-2-4-6-10;3*1-2-4-5-3-1;1-2-5-3-4-1;1-2-4-5-3-1;10*1-2/h5*2-6,8,14H,7H2,1H3,(H,16,17);1,3-4H,2H2;1-3H,4H2;1-4H;2*1-3H;10*1-2H3. The number of aryl methyl sites for hydroxylation is 5. The van der Waals surface area contributed by atoms with Crippen molar-refractivity contribution in [2.45, 2.75) is 212 Å². The summed E-state index contributed by atoms with van der Waals surface area (Å²) in [4.78, 5) is 69.0. The number of nitrogens with zero attached hydrogens (tertiary/aromatic N) is 19. The molecule has 0 atom stereocenters. The maximum Gasteiger partial charge on any atom is 0.180 e. The molecule has 0 unspecified atom stereocenters. The number of aromatic amines is 5. The van der Waals surface area contributed by atoms with Crippen LogP contribution in [-0.2, 0) is 32.7 Å². The fraction of sp³-hybridized carbons (Fsp3) is 0.311. The minimum atomic E-state index is 0.231. The van der Waals surface area contributed by atoms with Gasteiger partial charge in [-0.05, 0) is 85.3 Å². The summed E-state index contributed by atoms with van der Waals surface area (Å²) in [5.41, 5.74) is 14.4. The van der Waals surface area contributed by atoms with E-state index < -0.39 is 0 Å². The first-order valence-corrected chi connectivity index (χ1v) is 47.1. The number of allylic oxidation sites excluding steroid dienone is 2. The third-order valence-electron chi connectivity index (χ3n) is 16.4. The van der Waals surface area contributed by atoms with E-state index in [0.29, 0.717) is 60.3 Å². The van der Waals surface area contributed by atoms with E-state index in [1.165, 1.54) is 46.7 Å². The van der Waals surface area contributed by atoms with Crippen molar-refractivity contribution < 1.29 is 8.94 Å². The van der Waals surface area contributed by atoms with E-state index in [9.17, 15) is 0 Å². The van der Waals surface area contributed by atoms with Gasteiger partial charge in [0.2, 0.25) is 0 Å². The number of rotatable bonds is 10. The van der Waals surface area contributed by atoms with E-state index in [4.69, 9.17) is 27.0 Å². The molecule has 0 amide bonds.